The van der Waals surface area contributed by atoms with Crippen LogP contribution in [0.5, 0.6) is 0 Å². The average molecular weight is 284 g/mol. The first-order valence-corrected chi connectivity index (χ1v) is 7.21. The zero-order chi connectivity index (χ0) is 13.8. The Kier molecular flexibility index (Phi) is 4.73. The van der Waals surface area contributed by atoms with Crippen LogP contribution >= 0.6 is 11.3 Å². The molecule has 0 aromatic carbocycles. The van der Waals surface area contributed by atoms with Gasteiger partial charge in [0.25, 0.3) is 5.91 Å². The summed E-state index contributed by atoms with van der Waals surface area (Å²) < 4.78 is 5.75. The molecule has 1 atom stereocenters. The van der Waals surface area contributed by atoms with E-state index < -0.39 is 5.91 Å². The molecule has 1 fully saturated rings. The molecule has 0 spiro atoms. The zero-order valence-electron chi connectivity index (χ0n) is 11.3. The fraction of sp³-hybridized carbons (Fsp3) is 0.667. The number of hydrogen-bond donors (Lipinski definition) is 1. The Bertz CT molecular complexity index is 435. The molecule has 0 saturated carbocycles. The lowest BCUT2D eigenvalue weighted by Crippen LogP contribution is -2.43. The van der Waals surface area contributed by atoms with Gasteiger partial charge in [0.2, 0.25) is 0 Å². The van der Waals surface area contributed by atoms with Crippen molar-refractivity contribution in [2.45, 2.75) is 12.5 Å². The standard InChI is InChI=1S/C12H20N4O2S/c1-15(2)4-3-9-7-16(5-6-18-9)12-14-10(8-19-12)11(13)17/h8-9H,3-7H2,1-2H3,(H2,13,17)/t9-/m0/s1. The van der Waals surface area contributed by atoms with Crippen LogP contribution in [0.2, 0.25) is 0 Å². The molecule has 2 rings (SSSR count). The van der Waals surface area contributed by atoms with E-state index in [0.29, 0.717) is 12.3 Å². The molecular formula is C12H20N4O2S. The van der Waals surface area contributed by atoms with Gasteiger partial charge in [-0.05, 0) is 20.5 Å². The fourth-order valence-electron chi connectivity index (χ4n) is 1.99. The van der Waals surface area contributed by atoms with Crippen LogP contribution in [-0.2, 0) is 4.74 Å². The SMILES string of the molecule is CN(C)CC[C@H]1CN(c2nc(C(N)=O)cs2)CCO1. The second-order valence-electron chi connectivity index (χ2n) is 4.91. The van der Waals surface area contributed by atoms with Crippen LogP contribution < -0.4 is 10.6 Å². The first kappa shape index (κ1) is 14.2. The van der Waals surface area contributed by atoms with Crippen molar-refractivity contribution in [1.29, 1.82) is 0 Å². The molecule has 0 bridgehead atoms. The molecule has 1 saturated heterocycles. The van der Waals surface area contributed by atoms with Gasteiger partial charge in [0, 0.05) is 25.0 Å². The lowest BCUT2D eigenvalue weighted by molar-refractivity contribution is 0.0311. The van der Waals surface area contributed by atoms with Gasteiger partial charge in [0.15, 0.2) is 5.13 Å². The molecule has 0 unspecified atom stereocenters. The highest BCUT2D eigenvalue weighted by molar-refractivity contribution is 7.13. The molecule has 2 heterocycles. The maximum atomic E-state index is 11.1. The minimum absolute atomic E-state index is 0.220. The third-order valence-electron chi connectivity index (χ3n) is 3.05. The molecule has 1 aromatic heterocycles. The minimum atomic E-state index is -0.472. The molecule has 1 aliphatic rings. The van der Waals surface area contributed by atoms with Gasteiger partial charge in [0.05, 0.1) is 12.7 Å². The molecule has 7 heteroatoms. The smallest absolute Gasteiger partial charge is 0.268 e. The third kappa shape index (κ3) is 3.89. The largest absolute Gasteiger partial charge is 0.374 e. The van der Waals surface area contributed by atoms with E-state index in [1.165, 1.54) is 11.3 Å². The third-order valence-corrected chi connectivity index (χ3v) is 3.95. The average Bonchev–Trinajstić information content (AvgIpc) is 2.86. The maximum Gasteiger partial charge on any atom is 0.268 e. The Morgan fingerprint density at radius 3 is 3.11 bits per heavy atom. The van der Waals surface area contributed by atoms with Crippen molar-refractivity contribution in [3.05, 3.63) is 11.1 Å². The monoisotopic (exact) mass is 284 g/mol. The topological polar surface area (TPSA) is 71.7 Å². The summed E-state index contributed by atoms with van der Waals surface area (Å²) in [5.41, 5.74) is 5.57. The van der Waals surface area contributed by atoms with Crippen molar-refractivity contribution in [3.63, 3.8) is 0 Å². The van der Waals surface area contributed by atoms with Crippen molar-refractivity contribution in [2.75, 3.05) is 45.2 Å². The normalized spacial score (nSPS) is 19.9. The van der Waals surface area contributed by atoms with Crippen molar-refractivity contribution < 1.29 is 9.53 Å². The number of aromatic nitrogens is 1. The number of carbonyl (C=O) groups excluding carboxylic acids is 1. The predicted octanol–water partition coefficient (Wildman–Crippen LogP) is 0.399. The molecule has 1 amide bonds. The summed E-state index contributed by atoms with van der Waals surface area (Å²) in [6, 6.07) is 0. The quantitative estimate of drug-likeness (QED) is 0.847. The molecule has 106 valence electrons. The summed E-state index contributed by atoms with van der Waals surface area (Å²) in [5, 5.41) is 2.56. The van der Waals surface area contributed by atoms with Crippen molar-refractivity contribution >= 4 is 22.4 Å². The molecule has 6 nitrogen and oxygen atoms in total. The summed E-state index contributed by atoms with van der Waals surface area (Å²) >= 11 is 1.46. The Hall–Kier alpha value is -1.18. The van der Waals surface area contributed by atoms with Crippen molar-refractivity contribution in [2.24, 2.45) is 5.73 Å². The Labute approximate surface area is 117 Å². The van der Waals surface area contributed by atoms with Crippen LogP contribution in [0.15, 0.2) is 5.38 Å². The van der Waals surface area contributed by atoms with Gasteiger partial charge in [-0.25, -0.2) is 4.98 Å². The number of hydrogen-bond acceptors (Lipinski definition) is 6. The van der Waals surface area contributed by atoms with E-state index in [-0.39, 0.29) is 6.10 Å². The second kappa shape index (κ2) is 6.31. The van der Waals surface area contributed by atoms with E-state index in [9.17, 15) is 4.79 Å². The van der Waals surface area contributed by atoms with Crippen LogP contribution in [0.3, 0.4) is 0 Å². The van der Waals surface area contributed by atoms with Crippen molar-refractivity contribution in [3.8, 4) is 0 Å². The van der Waals surface area contributed by atoms with E-state index in [0.717, 1.165) is 31.2 Å². The number of thiazole rings is 1. The van der Waals surface area contributed by atoms with Gasteiger partial charge in [-0.3, -0.25) is 4.79 Å². The number of amides is 1. The maximum absolute atomic E-state index is 11.1. The summed E-state index contributed by atoms with van der Waals surface area (Å²) in [5.74, 6) is -0.472. The number of carbonyl (C=O) groups is 1. The van der Waals surface area contributed by atoms with Gasteiger partial charge >= 0.3 is 0 Å². The highest BCUT2D eigenvalue weighted by atomic mass is 32.1. The number of ether oxygens (including phenoxy) is 1. The number of anilines is 1. The number of nitrogens with zero attached hydrogens (tertiary/aromatic N) is 3. The Morgan fingerprint density at radius 1 is 1.68 bits per heavy atom. The summed E-state index contributed by atoms with van der Waals surface area (Å²) in [7, 11) is 4.11. The van der Waals surface area contributed by atoms with Crippen LogP contribution in [-0.4, -0.2) is 62.2 Å². The number of morpholine rings is 1. The van der Waals surface area contributed by atoms with Gasteiger partial charge in [-0.1, -0.05) is 0 Å². The lowest BCUT2D eigenvalue weighted by Gasteiger charge is -2.33. The zero-order valence-corrected chi connectivity index (χ0v) is 12.2. The molecule has 0 aliphatic carbocycles. The van der Waals surface area contributed by atoms with E-state index in [1.807, 2.05) is 0 Å². The molecule has 19 heavy (non-hydrogen) atoms. The van der Waals surface area contributed by atoms with Crippen LogP contribution in [0.25, 0.3) is 0 Å². The number of nitrogens with two attached hydrogens (primary N) is 1. The lowest BCUT2D eigenvalue weighted by atomic mass is 10.2. The summed E-state index contributed by atoms with van der Waals surface area (Å²) in [6.07, 6.45) is 1.22. The van der Waals surface area contributed by atoms with Crippen molar-refractivity contribution in [1.82, 2.24) is 9.88 Å². The first-order chi connectivity index (χ1) is 9.06. The van der Waals surface area contributed by atoms with Gasteiger partial charge in [-0.15, -0.1) is 11.3 Å². The van der Waals surface area contributed by atoms with Gasteiger partial charge in [0.1, 0.15) is 5.69 Å². The van der Waals surface area contributed by atoms with Gasteiger partial charge in [-0.2, -0.15) is 0 Å². The van der Waals surface area contributed by atoms with Crippen LogP contribution in [0, 0.1) is 0 Å². The van der Waals surface area contributed by atoms with Crippen LogP contribution in [0.4, 0.5) is 5.13 Å². The molecule has 1 aliphatic heterocycles. The minimum Gasteiger partial charge on any atom is -0.374 e. The molecule has 0 radical (unpaired) electrons. The number of primary amides is 1. The molecule has 1 aromatic rings. The van der Waals surface area contributed by atoms with Gasteiger partial charge < -0.3 is 20.3 Å². The Morgan fingerprint density at radius 2 is 2.47 bits per heavy atom. The highest BCUT2D eigenvalue weighted by Crippen LogP contribution is 2.23. The highest BCUT2D eigenvalue weighted by Gasteiger charge is 2.23. The number of rotatable bonds is 5. The van der Waals surface area contributed by atoms with E-state index in [4.69, 9.17) is 10.5 Å². The molecular weight excluding hydrogens is 264 g/mol. The summed E-state index contributed by atoms with van der Waals surface area (Å²) in [4.78, 5) is 19.6. The molecule has 2 N–H and O–H groups in total. The second-order valence-corrected chi connectivity index (χ2v) is 5.75. The van der Waals surface area contributed by atoms with E-state index in [2.05, 4.69) is 28.9 Å². The summed E-state index contributed by atoms with van der Waals surface area (Å²) in [6.45, 7) is 3.33. The van der Waals surface area contributed by atoms with Crippen LogP contribution in [0.1, 0.15) is 16.9 Å². The van der Waals surface area contributed by atoms with E-state index >= 15 is 0 Å². The van der Waals surface area contributed by atoms with E-state index in [1.54, 1.807) is 5.38 Å². The predicted molar refractivity (Wildman–Crippen MR) is 75.8 cm³/mol. The first-order valence-electron chi connectivity index (χ1n) is 6.33. The Balaban J connectivity index is 1.94. The fourth-order valence-corrected chi connectivity index (χ4v) is 2.84.